The molecular weight excluding hydrogens is 488 g/mol. The van der Waals surface area contributed by atoms with Gasteiger partial charge in [-0.3, -0.25) is 14.7 Å². The molecule has 8 nitrogen and oxygen atoms in total. The van der Waals surface area contributed by atoms with Crippen LogP contribution in [0.4, 0.5) is 17.2 Å². The predicted molar refractivity (Wildman–Crippen MR) is 146 cm³/mol. The van der Waals surface area contributed by atoms with Crippen LogP contribution in [0.2, 0.25) is 5.02 Å². The zero-order chi connectivity index (χ0) is 25.6. The van der Waals surface area contributed by atoms with E-state index in [9.17, 15) is 4.79 Å². The molecule has 1 atom stereocenters. The fourth-order valence-electron chi connectivity index (χ4n) is 4.26. The zero-order valence-electron chi connectivity index (χ0n) is 20.4. The van der Waals surface area contributed by atoms with Gasteiger partial charge in [0.05, 0.1) is 16.2 Å². The standard InChI is InChI=1S/C28H27ClN6O2/c1-35-14-4-6-22(35)9-12-27(36)33-19-7-10-25-23(15-19)28(32-18-31-25)34-20-8-11-26(24(29)16-20)37-17-21-5-2-3-13-30-21/h2-3,5,7-13,15-16,18,22H,4,6,14,17H2,1H3,(H,33,36)(H,31,32,34)/t22-/m0/s1. The molecular formula is C28H27ClN6O2. The van der Waals surface area contributed by atoms with Crippen molar-refractivity contribution in [2.24, 2.45) is 0 Å². The van der Waals surface area contributed by atoms with E-state index in [2.05, 4.69) is 37.5 Å². The Hall–Kier alpha value is -4.01. The fraction of sp³-hybridized carbons (Fsp3) is 0.214. The van der Waals surface area contributed by atoms with Gasteiger partial charge in [0.25, 0.3) is 0 Å². The highest BCUT2D eigenvalue weighted by molar-refractivity contribution is 6.32. The van der Waals surface area contributed by atoms with Crippen LogP contribution in [-0.4, -0.2) is 45.4 Å². The van der Waals surface area contributed by atoms with Crippen LogP contribution in [0.15, 0.2) is 79.3 Å². The van der Waals surface area contributed by atoms with Gasteiger partial charge in [0.2, 0.25) is 5.91 Å². The summed E-state index contributed by atoms with van der Waals surface area (Å²) < 4.78 is 5.81. The normalized spacial score (nSPS) is 15.8. The molecule has 2 aromatic carbocycles. The van der Waals surface area contributed by atoms with Crippen molar-refractivity contribution >= 4 is 45.6 Å². The first-order chi connectivity index (χ1) is 18.0. The lowest BCUT2D eigenvalue weighted by Crippen LogP contribution is -2.23. The van der Waals surface area contributed by atoms with E-state index in [-0.39, 0.29) is 5.91 Å². The van der Waals surface area contributed by atoms with Gasteiger partial charge in [0, 0.05) is 35.1 Å². The molecule has 188 valence electrons. The van der Waals surface area contributed by atoms with E-state index in [1.165, 1.54) is 6.33 Å². The van der Waals surface area contributed by atoms with Gasteiger partial charge in [-0.2, -0.15) is 0 Å². The smallest absolute Gasteiger partial charge is 0.248 e. The van der Waals surface area contributed by atoms with Crippen molar-refractivity contribution in [2.45, 2.75) is 25.5 Å². The molecule has 2 N–H and O–H groups in total. The molecule has 37 heavy (non-hydrogen) atoms. The van der Waals surface area contributed by atoms with Gasteiger partial charge >= 0.3 is 0 Å². The SMILES string of the molecule is CN1CCC[C@H]1C=CC(=O)Nc1ccc2ncnc(Nc3ccc(OCc4ccccn4)c(Cl)c3)c2c1. The number of halogens is 1. The Morgan fingerprint density at radius 3 is 2.81 bits per heavy atom. The molecule has 2 aromatic heterocycles. The Labute approximate surface area is 220 Å². The lowest BCUT2D eigenvalue weighted by molar-refractivity contribution is -0.111. The van der Waals surface area contributed by atoms with Gasteiger partial charge in [0.15, 0.2) is 0 Å². The molecule has 0 aliphatic carbocycles. The number of nitrogens with zero attached hydrogens (tertiary/aromatic N) is 4. The third kappa shape index (κ3) is 6.22. The number of ether oxygens (including phenoxy) is 1. The van der Waals surface area contributed by atoms with Crippen LogP contribution >= 0.6 is 11.6 Å². The maximum absolute atomic E-state index is 12.5. The summed E-state index contributed by atoms with van der Waals surface area (Å²) in [7, 11) is 2.08. The highest BCUT2D eigenvalue weighted by Gasteiger charge is 2.18. The molecule has 1 fully saturated rings. The topological polar surface area (TPSA) is 92.3 Å². The van der Waals surface area contributed by atoms with Crippen molar-refractivity contribution in [1.29, 1.82) is 0 Å². The highest BCUT2D eigenvalue weighted by atomic mass is 35.5. The van der Waals surface area contributed by atoms with Crippen molar-refractivity contribution < 1.29 is 9.53 Å². The number of likely N-dealkylation sites (tertiary alicyclic amines) is 1. The molecule has 1 amide bonds. The minimum atomic E-state index is -0.168. The average Bonchev–Trinajstić information content (AvgIpc) is 3.32. The maximum atomic E-state index is 12.5. The number of pyridine rings is 1. The minimum absolute atomic E-state index is 0.168. The number of benzene rings is 2. The fourth-order valence-corrected chi connectivity index (χ4v) is 4.50. The van der Waals surface area contributed by atoms with Crippen molar-refractivity contribution in [1.82, 2.24) is 19.9 Å². The summed E-state index contributed by atoms with van der Waals surface area (Å²) in [5.74, 6) is 0.994. The summed E-state index contributed by atoms with van der Waals surface area (Å²) in [5, 5.41) is 7.47. The van der Waals surface area contributed by atoms with Gasteiger partial charge in [-0.1, -0.05) is 23.7 Å². The number of hydrogen-bond acceptors (Lipinski definition) is 7. The second-order valence-electron chi connectivity index (χ2n) is 8.87. The summed E-state index contributed by atoms with van der Waals surface area (Å²) in [6, 6.07) is 17.0. The van der Waals surface area contributed by atoms with E-state index in [4.69, 9.17) is 16.3 Å². The zero-order valence-corrected chi connectivity index (χ0v) is 21.2. The van der Waals surface area contributed by atoms with Crippen molar-refractivity contribution in [3.8, 4) is 5.75 Å². The number of hydrogen-bond donors (Lipinski definition) is 2. The van der Waals surface area contributed by atoms with Crippen LogP contribution in [0.1, 0.15) is 18.5 Å². The molecule has 1 aliphatic heterocycles. The van der Waals surface area contributed by atoms with Gasteiger partial charge in [-0.25, -0.2) is 9.97 Å². The Balaban J connectivity index is 1.28. The summed E-state index contributed by atoms with van der Waals surface area (Å²) in [6.07, 6.45) is 9.02. The van der Waals surface area contributed by atoms with Gasteiger partial charge in [-0.05, 0) is 75.0 Å². The summed E-state index contributed by atoms with van der Waals surface area (Å²) in [5.41, 5.74) is 2.97. The third-order valence-corrected chi connectivity index (χ3v) is 6.54. The lowest BCUT2D eigenvalue weighted by atomic mass is 10.2. The number of nitrogens with one attached hydrogen (secondary N) is 2. The summed E-state index contributed by atoms with van der Waals surface area (Å²) >= 11 is 6.47. The number of anilines is 3. The van der Waals surface area contributed by atoms with Crippen molar-refractivity contribution in [2.75, 3.05) is 24.2 Å². The first kappa shape index (κ1) is 24.7. The van der Waals surface area contributed by atoms with Crippen LogP contribution < -0.4 is 15.4 Å². The van der Waals surface area contributed by atoms with Gasteiger partial charge in [-0.15, -0.1) is 0 Å². The molecule has 4 aromatic rings. The first-order valence-electron chi connectivity index (χ1n) is 12.1. The number of fused-ring (bicyclic) bond motifs is 1. The monoisotopic (exact) mass is 514 g/mol. The predicted octanol–water partition coefficient (Wildman–Crippen LogP) is 5.59. The van der Waals surface area contributed by atoms with E-state index in [0.717, 1.165) is 41.7 Å². The van der Waals surface area contributed by atoms with E-state index >= 15 is 0 Å². The Bertz CT molecular complexity index is 1430. The number of amides is 1. The summed E-state index contributed by atoms with van der Waals surface area (Å²) in [6.45, 7) is 1.38. The number of likely N-dealkylation sites (N-methyl/N-ethyl adjacent to an activating group) is 1. The largest absolute Gasteiger partial charge is 0.486 e. The molecule has 0 spiro atoms. The quantitative estimate of drug-likeness (QED) is 0.296. The lowest BCUT2D eigenvalue weighted by Gasteiger charge is -2.14. The van der Waals surface area contributed by atoms with Crippen LogP contribution in [0.5, 0.6) is 5.75 Å². The number of carbonyl (C=O) groups is 1. The Kier molecular flexibility index (Phi) is 7.58. The van der Waals surface area contributed by atoms with Crippen LogP contribution in [0.25, 0.3) is 10.9 Å². The van der Waals surface area contributed by atoms with Gasteiger partial charge in [0.1, 0.15) is 24.5 Å². The number of aromatic nitrogens is 3. The first-order valence-corrected chi connectivity index (χ1v) is 12.5. The molecule has 0 radical (unpaired) electrons. The second-order valence-corrected chi connectivity index (χ2v) is 9.28. The second kappa shape index (κ2) is 11.4. The molecule has 0 unspecified atom stereocenters. The van der Waals surface area contributed by atoms with Crippen molar-refractivity contribution in [3.05, 3.63) is 90.0 Å². The van der Waals surface area contributed by atoms with E-state index in [1.54, 1.807) is 24.4 Å². The Morgan fingerprint density at radius 1 is 1.14 bits per heavy atom. The van der Waals surface area contributed by atoms with E-state index in [0.29, 0.717) is 34.9 Å². The maximum Gasteiger partial charge on any atom is 0.248 e. The molecule has 0 saturated carbocycles. The average molecular weight is 515 g/mol. The Morgan fingerprint density at radius 2 is 2.03 bits per heavy atom. The third-order valence-electron chi connectivity index (χ3n) is 6.25. The molecule has 3 heterocycles. The molecule has 5 rings (SSSR count). The number of rotatable bonds is 8. The van der Waals surface area contributed by atoms with Crippen LogP contribution in [0.3, 0.4) is 0 Å². The van der Waals surface area contributed by atoms with Crippen LogP contribution in [0, 0.1) is 0 Å². The van der Waals surface area contributed by atoms with Gasteiger partial charge < -0.3 is 15.4 Å². The molecule has 9 heteroatoms. The molecule has 1 aliphatic rings. The summed E-state index contributed by atoms with van der Waals surface area (Å²) in [4.78, 5) is 27.8. The molecule has 0 bridgehead atoms. The van der Waals surface area contributed by atoms with E-state index < -0.39 is 0 Å². The van der Waals surface area contributed by atoms with E-state index in [1.807, 2.05) is 48.5 Å². The number of carbonyl (C=O) groups excluding carboxylic acids is 1. The van der Waals surface area contributed by atoms with Crippen LogP contribution in [-0.2, 0) is 11.4 Å². The molecule has 1 saturated heterocycles. The minimum Gasteiger partial charge on any atom is -0.486 e. The van der Waals surface area contributed by atoms with Crippen molar-refractivity contribution in [3.63, 3.8) is 0 Å². The highest BCUT2D eigenvalue weighted by Crippen LogP contribution is 2.31.